The van der Waals surface area contributed by atoms with Crippen LogP contribution in [0.15, 0.2) is 70.7 Å². The number of amides is 1. The van der Waals surface area contributed by atoms with Gasteiger partial charge in [-0.2, -0.15) is 18.2 Å². The van der Waals surface area contributed by atoms with Crippen molar-refractivity contribution in [3.05, 3.63) is 77.5 Å². The van der Waals surface area contributed by atoms with E-state index in [0.717, 1.165) is 11.1 Å². The van der Waals surface area contributed by atoms with E-state index in [1.165, 1.54) is 23.7 Å². The van der Waals surface area contributed by atoms with E-state index >= 15 is 0 Å². The summed E-state index contributed by atoms with van der Waals surface area (Å²) < 4.78 is 31.6. The first-order chi connectivity index (χ1) is 14.7. The highest BCUT2D eigenvalue weighted by atomic mass is 32.2. The molecule has 1 heterocycles. The van der Waals surface area contributed by atoms with E-state index in [4.69, 9.17) is 4.28 Å². The number of carbonyl (C=O) groups is 1. The fraction of sp³-hybridized carbons (Fsp3) is 0.227. The van der Waals surface area contributed by atoms with E-state index in [1.54, 1.807) is 25.1 Å². The molecule has 0 atom stereocenters. The highest BCUT2D eigenvalue weighted by molar-refractivity contribution is 7.86. The predicted molar refractivity (Wildman–Crippen MR) is 118 cm³/mol. The minimum absolute atomic E-state index is 0.00277. The average molecular weight is 441 g/mol. The number of aryl methyl sites for hydroxylation is 3. The van der Waals surface area contributed by atoms with Gasteiger partial charge in [-0.1, -0.05) is 48.0 Å². The number of nitrogens with one attached hydrogen (secondary N) is 1. The van der Waals surface area contributed by atoms with Crippen molar-refractivity contribution >= 4 is 27.7 Å². The first kappa shape index (κ1) is 22.2. The lowest BCUT2D eigenvalue weighted by molar-refractivity contribution is -0.114. The molecule has 31 heavy (non-hydrogen) atoms. The van der Waals surface area contributed by atoms with Crippen molar-refractivity contribution in [2.75, 3.05) is 5.32 Å². The Morgan fingerprint density at radius 1 is 1.10 bits per heavy atom. The molecule has 0 saturated heterocycles. The van der Waals surface area contributed by atoms with Gasteiger partial charge in [0.05, 0.1) is 5.69 Å². The van der Waals surface area contributed by atoms with Crippen LogP contribution >= 0.6 is 0 Å². The third-order valence-corrected chi connectivity index (χ3v) is 5.53. The fourth-order valence-corrected chi connectivity index (χ4v) is 3.64. The summed E-state index contributed by atoms with van der Waals surface area (Å²) in [5.41, 5.74) is 2.61. The number of aromatic nitrogens is 2. The molecular weight excluding hydrogens is 416 g/mol. The van der Waals surface area contributed by atoms with Crippen molar-refractivity contribution < 1.29 is 17.5 Å². The number of benzene rings is 2. The minimum Gasteiger partial charge on any atom is -0.311 e. The number of nitrogens with zero attached hydrogens (tertiary/aromatic N) is 3. The maximum absolute atomic E-state index is 12.6. The molecule has 0 radical (unpaired) electrons. The Hall–Kier alpha value is -3.46. The van der Waals surface area contributed by atoms with Gasteiger partial charge in [0, 0.05) is 19.4 Å². The topological polar surface area (TPSA) is 103 Å². The Kier molecular flexibility index (Phi) is 6.86. The Labute approximate surface area is 181 Å². The third kappa shape index (κ3) is 6.02. The lowest BCUT2D eigenvalue weighted by atomic mass is 10.1. The zero-order valence-electron chi connectivity index (χ0n) is 17.6. The van der Waals surface area contributed by atoms with Gasteiger partial charge in [-0.05, 0) is 43.1 Å². The molecule has 1 aromatic heterocycles. The summed E-state index contributed by atoms with van der Waals surface area (Å²) in [5, 5.41) is 11.0. The average Bonchev–Trinajstić information content (AvgIpc) is 3.08. The van der Waals surface area contributed by atoms with E-state index in [0.29, 0.717) is 24.4 Å². The number of hydrogen-bond donors (Lipinski definition) is 1. The first-order valence-corrected chi connectivity index (χ1v) is 11.1. The van der Waals surface area contributed by atoms with E-state index in [-0.39, 0.29) is 16.6 Å². The lowest BCUT2D eigenvalue weighted by Gasteiger charge is -2.11. The van der Waals surface area contributed by atoms with Crippen LogP contribution in [0.25, 0.3) is 0 Å². The Balaban J connectivity index is 1.93. The van der Waals surface area contributed by atoms with E-state index in [1.807, 2.05) is 37.3 Å². The summed E-state index contributed by atoms with van der Waals surface area (Å²) in [5.74, 6) is 0.348. The number of hydrogen-bond acceptors (Lipinski definition) is 6. The van der Waals surface area contributed by atoms with Crippen LogP contribution in [0.4, 0.5) is 5.82 Å². The highest BCUT2D eigenvalue weighted by Gasteiger charge is 2.19. The van der Waals surface area contributed by atoms with Crippen LogP contribution in [-0.2, 0) is 25.6 Å². The molecule has 0 bridgehead atoms. The monoisotopic (exact) mass is 440 g/mol. The molecule has 9 heteroatoms. The van der Waals surface area contributed by atoms with Crippen LogP contribution in [0, 0.1) is 13.8 Å². The molecule has 2 aromatic carbocycles. The smallest absolute Gasteiger partial charge is 0.311 e. The van der Waals surface area contributed by atoms with Crippen molar-refractivity contribution in [2.24, 2.45) is 5.16 Å². The van der Waals surface area contributed by atoms with Crippen molar-refractivity contribution in [1.29, 1.82) is 0 Å². The first-order valence-electron chi connectivity index (χ1n) is 9.70. The SMILES string of the molecule is CC(=O)Nc1cc(C)nn1/C(CCc1ccccc1)=N\OS(=O)(=O)c1ccc(C)cc1. The molecule has 0 aliphatic heterocycles. The molecule has 0 spiro atoms. The standard InChI is InChI=1S/C22H24N4O4S/c1-16-9-12-20(13-10-16)31(28,29)30-25-21(14-11-19-7-5-4-6-8-19)26-22(23-18(3)27)15-17(2)24-26/h4-10,12-13,15H,11,14H2,1-3H3,(H,23,27)/b25-21-. The number of oxime groups is 1. The summed E-state index contributed by atoms with van der Waals surface area (Å²) in [7, 11) is -4.11. The van der Waals surface area contributed by atoms with Gasteiger partial charge in [-0.3, -0.25) is 9.08 Å². The van der Waals surface area contributed by atoms with Crippen LogP contribution in [0.5, 0.6) is 0 Å². The molecule has 3 aromatic rings. The van der Waals surface area contributed by atoms with Gasteiger partial charge in [0.25, 0.3) is 0 Å². The molecule has 162 valence electrons. The van der Waals surface area contributed by atoms with Crippen LogP contribution < -0.4 is 5.32 Å². The summed E-state index contributed by atoms with van der Waals surface area (Å²) in [6, 6.07) is 17.7. The van der Waals surface area contributed by atoms with E-state index < -0.39 is 10.1 Å². The van der Waals surface area contributed by atoms with Gasteiger partial charge in [0.15, 0.2) is 5.84 Å². The molecule has 0 saturated carbocycles. The maximum atomic E-state index is 12.6. The molecule has 1 amide bonds. The number of anilines is 1. The van der Waals surface area contributed by atoms with Crippen LogP contribution in [0.3, 0.4) is 0 Å². The second-order valence-electron chi connectivity index (χ2n) is 7.10. The molecule has 0 aliphatic rings. The largest absolute Gasteiger partial charge is 0.358 e. The highest BCUT2D eigenvalue weighted by Crippen LogP contribution is 2.17. The Bertz CT molecular complexity index is 1180. The van der Waals surface area contributed by atoms with Gasteiger partial charge < -0.3 is 5.32 Å². The van der Waals surface area contributed by atoms with Gasteiger partial charge in [-0.15, -0.1) is 0 Å². The minimum atomic E-state index is -4.11. The molecule has 3 rings (SSSR count). The van der Waals surface area contributed by atoms with Crippen molar-refractivity contribution in [1.82, 2.24) is 9.78 Å². The van der Waals surface area contributed by atoms with Crippen molar-refractivity contribution in [2.45, 2.75) is 38.5 Å². The maximum Gasteiger partial charge on any atom is 0.358 e. The molecule has 1 N–H and O–H groups in total. The van der Waals surface area contributed by atoms with Crippen molar-refractivity contribution in [3.8, 4) is 0 Å². The van der Waals surface area contributed by atoms with E-state index in [2.05, 4.69) is 15.6 Å². The van der Waals surface area contributed by atoms with Crippen LogP contribution in [0.1, 0.15) is 30.2 Å². The van der Waals surface area contributed by atoms with Crippen molar-refractivity contribution in [3.63, 3.8) is 0 Å². The summed E-state index contributed by atoms with van der Waals surface area (Å²) >= 11 is 0. The summed E-state index contributed by atoms with van der Waals surface area (Å²) in [4.78, 5) is 11.6. The second kappa shape index (κ2) is 9.57. The number of carbonyl (C=O) groups excluding carboxylic acids is 1. The molecule has 0 unspecified atom stereocenters. The van der Waals surface area contributed by atoms with E-state index in [9.17, 15) is 13.2 Å². The Morgan fingerprint density at radius 3 is 2.42 bits per heavy atom. The molecule has 0 aliphatic carbocycles. The normalized spacial score (nSPS) is 11.9. The van der Waals surface area contributed by atoms with Gasteiger partial charge in [0.2, 0.25) is 5.91 Å². The fourth-order valence-electron chi connectivity index (χ4n) is 2.90. The predicted octanol–water partition coefficient (Wildman–Crippen LogP) is 3.66. The number of rotatable bonds is 7. The molecule has 8 nitrogen and oxygen atoms in total. The molecular formula is C22H24N4O4S. The zero-order chi connectivity index (χ0) is 22.4. The van der Waals surface area contributed by atoms with Gasteiger partial charge in [-0.25, -0.2) is 0 Å². The van der Waals surface area contributed by atoms with Crippen LogP contribution in [-0.4, -0.2) is 29.9 Å². The lowest BCUT2D eigenvalue weighted by Crippen LogP contribution is -2.20. The third-order valence-electron chi connectivity index (χ3n) is 4.41. The van der Waals surface area contributed by atoms with Crippen LogP contribution in [0.2, 0.25) is 0 Å². The Morgan fingerprint density at radius 2 is 1.77 bits per heavy atom. The second-order valence-corrected chi connectivity index (χ2v) is 8.63. The van der Waals surface area contributed by atoms with Gasteiger partial charge >= 0.3 is 10.1 Å². The molecule has 0 fully saturated rings. The zero-order valence-corrected chi connectivity index (χ0v) is 18.4. The quantitative estimate of drug-likeness (QED) is 0.343. The van der Waals surface area contributed by atoms with Gasteiger partial charge in [0.1, 0.15) is 10.7 Å². The summed E-state index contributed by atoms with van der Waals surface area (Å²) in [6.45, 7) is 5.01. The summed E-state index contributed by atoms with van der Waals surface area (Å²) in [6.07, 6.45) is 0.910.